The lowest BCUT2D eigenvalue weighted by atomic mass is 10.0. The minimum Gasteiger partial charge on any atom is -0.339 e. The summed E-state index contributed by atoms with van der Waals surface area (Å²) in [7, 11) is 1.89. The van der Waals surface area contributed by atoms with Gasteiger partial charge in [-0.1, -0.05) is 11.6 Å². The molecule has 1 aliphatic heterocycles. The summed E-state index contributed by atoms with van der Waals surface area (Å²) >= 11 is 5.98. The van der Waals surface area contributed by atoms with E-state index in [1.165, 1.54) is 0 Å². The zero-order valence-corrected chi connectivity index (χ0v) is 11.6. The lowest BCUT2D eigenvalue weighted by Crippen LogP contribution is -2.43. The van der Waals surface area contributed by atoms with Crippen molar-refractivity contribution in [3.05, 3.63) is 34.3 Å². The normalized spacial score (nSPS) is 16.6. The number of carbonyl (C=O) groups excluding carboxylic acids is 1. The third-order valence-electron chi connectivity index (χ3n) is 3.58. The van der Waals surface area contributed by atoms with E-state index in [-0.39, 0.29) is 5.91 Å². The Kier molecular flexibility index (Phi) is 4.25. The quantitative estimate of drug-likeness (QED) is 0.892. The monoisotopic (exact) mass is 266 g/mol. The van der Waals surface area contributed by atoms with Gasteiger partial charge in [-0.25, -0.2) is 0 Å². The molecule has 98 valence electrons. The van der Waals surface area contributed by atoms with Crippen molar-refractivity contribution >= 4 is 17.5 Å². The van der Waals surface area contributed by atoms with Crippen LogP contribution in [-0.2, 0) is 0 Å². The number of amides is 1. The van der Waals surface area contributed by atoms with E-state index >= 15 is 0 Å². The van der Waals surface area contributed by atoms with Crippen LogP contribution in [0.4, 0.5) is 0 Å². The molecule has 2 rings (SSSR count). The summed E-state index contributed by atoms with van der Waals surface area (Å²) in [5, 5.41) is 4.01. The maximum absolute atomic E-state index is 12.4. The smallest absolute Gasteiger partial charge is 0.253 e. The highest BCUT2D eigenvalue weighted by Crippen LogP contribution is 2.19. The van der Waals surface area contributed by atoms with Crippen LogP contribution in [0.1, 0.15) is 28.8 Å². The lowest BCUT2D eigenvalue weighted by Gasteiger charge is -2.31. The molecule has 1 aliphatic rings. The number of benzene rings is 1. The predicted molar refractivity (Wildman–Crippen MR) is 74.2 cm³/mol. The second-order valence-corrected chi connectivity index (χ2v) is 5.27. The molecular formula is C14H19ClN2O. The molecule has 0 spiro atoms. The van der Waals surface area contributed by atoms with Crippen molar-refractivity contribution < 1.29 is 4.79 Å². The van der Waals surface area contributed by atoms with Crippen molar-refractivity contribution in [1.29, 1.82) is 0 Å². The molecule has 0 unspecified atom stereocenters. The number of rotatable bonds is 2. The number of halogens is 1. The molecule has 1 fully saturated rings. The van der Waals surface area contributed by atoms with Gasteiger partial charge in [0.15, 0.2) is 0 Å². The molecule has 1 heterocycles. The molecule has 0 aromatic heterocycles. The van der Waals surface area contributed by atoms with Gasteiger partial charge in [-0.3, -0.25) is 4.79 Å². The first-order valence-electron chi connectivity index (χ1n) is 6.33. The van der Waals surface area contributed by atoms with Gasteiger partial charge in [0.2, 0.25) is 0 Å². The highest BCUT2D eigenvalue weighted by molar-refractivity contribution is 6.31. The third-order valence-corrected chi connectivity index (χ3v) is 4.01. The van der Waals surface area contributed by atoms with E-state index in [0.29, 0.717) is 11.1 Å². The number of piperidine rings is 1. The molecule has 1 aromatic carbocycles. The molecule has 0 bridgehead atoms. The Labute approximate surface area is 113 Å². The van der Waals surface area contributed by atoms with Crippen molar-refractivity contribution in [1.82, 2.24) is 10.2 Å². The van der Waals surface area contributed by atoms with Crippen LogP contribution in [0.15, 0.2) is 18.2 Å². The molecular weight excluding hydrogens is 248 g/mol. The maximum Gasteiger partial charge on any atom is 0.253 e. The zero-order valence-electron chi connectivity index (χ0n) is 10.9. The van der Waals surface area contributed by atoms with Crippen molar-refractivity contribution in [3.8, 4) is 0 Å². The van der Waals surface area contributed by atoms with E-state index in [1.54, 1.807) is 12.1 Å². The van der Waals surface area contributed by atoms with Crippen molar-refractivity contribution in [2.75, 3.05) is 20.1 Å². The molecule has 0 aliphatic carbocycles. The number of nitrogens with zero attached hydrogens (tertiary/aromatic N) is 1. The van der Waals surface area contributed by atoms with Gasteiger partial charge in [0.25, 0.3) is 5.91 Å². The maximum atomic E-state index is 12.4. The fraction of sp³-hybridized carbons (Fsp3) is 0.500. The van der Waals surface area contributed by atoms with E-state index in [4.69, 9.17) is 11.6 Å². The molecule has 0 radical (unpaired) electrons. The van der Waals surface area contributed by atoms with Crippen LogP contribution in [0.2, 0.25) is 5.02 Å². The van der Waals surface area contributed by atoms with Crippen molar-refractivity contribution in [2.24, 2.45) is 0 Å². The first-order chi connectivity index (χ1) is 8.59. The summed E-state index contributed by atoms with van der Waals surface area (Å²) in [5.41, 5.74) is 1.67. The predicted octanol–water partition coefficient (Wildman–Crippen LogP) is 2.47. The van der Waals surface area contributed by atoms with Gasteiger partial charge >= 0.3 is 0 Å². The summed E-state index contributed by atoms with van der Waals surface area (Å²) in [4.78, 5) is 14.2. The Morgan fingerprint density at radius 3 is 2.67 bits per heavy atom. The van der Waals surface area contributed by atoms with E-state index in [0.717, 1.165) is 37.1 Å². The second kappa shape index (κ2) is 5.72. The Balaban J connectivity index is 2.11. The van der Waals surface area contributed by atoms with Gasteiger partial charge in [-0.05, 0) is 56.6 Å². The van der Waals surface area contributed by atoms with Gasteiger partial charge in [0.05, 0.1) is 0 Å². The number of carbonyl (C=O) groups is 1. The molecule has 1 amide bonds. The zero-order chi connectivity index (χ0) is 13.1. The SMILES string of the molecule is Cc1cc(C(=O)N(C)C2CCNCC2)ccc1Cl. The topological polar surface area (TPSA) is 32.3 Å². The van der Waals surface area contributed by atoms with E-state index in [9.17, 15) is 4.79 Å². The molecule has 18 heavy (non-hydrogen) atoms. The Morgan fingerprint density at radius 1 is 1.39 bits per heavy atom. The average molecular weight is 267 g/mol. The molecule has 4 heteroatoms. The Morgan fingerprint density at radius 2 is 2.06 bits per heavy atom. The molecule has 1 aromatic rings. The van der Waals surface area contributed by atoms with Gasteiger partial charge in [0.1, 0.15) is 0 Å². The minimum atomic E-state index is 0.0849. The number of hydrogen-bond acceptors (Lipinski definition) is 2. The summed E-state index contributed by atoms with van der Waals surface area (Å²) < 4.78 is 0. The van der Waals surface area contributed by atoms with Crippen LogP contribution in [0, 0.1) is 6.92 Å². The molecule has 3 nitrogen and oxygen atoms in total. The third kappa shape index (κ3) is 2.85. The van der Waals surface area contributed by atoms with Gasteiger partial charge in [-0.15, -0.1) is 0 Å². The van der Waals surface area contributed by atoms with Crippen molar-refractivity contribution in [3.63, 3.8) is 0 Å². The van der Waals surface area contributed by atoms with E-state index in [1.807, 2.05) is 24.9 Å². The Bertz CT molecular complexity index is 441. The first kappa shape index (κ1) is 13.4. The largest absolute Gasteiger partial charge is 0.339 e. The van der Waals surface area contributed by atoms with E-state index < -0.39 is 0 Å². The van der Waals surface area contributed by atoms with Gasteiger partial charge < -0.3 is 10.2 Å². The van der Waals surface area contributed by atoms with Gasteiger partial charge in [0, 0.05) is 23.7 Å². The van der Waals surface area contributed by atoms with Crippen LogP contribution < -0.4 is 5.32 Å². The standard InChI is InChI=1S/C14H19ClN2O/c1-10-9-11(3-4-13(10)15)14(18)17(2)12-5-7-16-8-6-12/h3-4,9,12,16H,5-8H2,1-2H3. The van der Waals surface area contributed by atoms with Crippen LogP contribution in [0.3, 0.4) is 0 Å². The fourth-order valence-corrected chi connectivity index (χ4v) is 2.46. The molecule has 0 atom stereocenters. The molecule has 1 N–H and O–H groups in total. The number of aryl methyl sites for hydroxylation is 1. The van der Waals surface area contributed by atoms with Crippen LogP contribution >= 0.6 is 11.6 Å². The van der Waals surface area contributed by atoms with E-state index in [2.05, 4.69) is 5.32 Å². The lowest BCUT2D eigenvalue weighted by molar-refractivity contribution is 0.0703. The van der Waals surface area contributed by atoms with Gasteiger partial charge in [-0.2, -0.15) is 0 Å². The summed E-state index contributed by atoms with van der Waals surface area (Å²) in [6, 6.07) is 5.80. The minimum absolute atomic E-state index is 0.0849. The van der Waals surface area contributed by atoms with Crippen LogP contribution in [0.5, 0.6) is 0 Å². The number of nitrogens with one attached hydrogen (secondary N) is 1. The Hall–Kier alpha value is -1.06. The highest BCUT2D eigenvalue weighted by atomic mass is 35.5. The fourth-order valence-electron chi connectivity index (χ4n) is 2.34. The second-order valence-electron chi connectivity index (χ2n) is 4.86. The number of hydrogen-bond donors (Lipinski definition) is 1. The summed E-state index contributed by atoms with van der Waals surface area (Å²) in [6.07, 6.45) is 2.05. The van der Waals surface area contributed by atoms with Crippen molar-refractivity contribution in [2.45, 2.75) is 25.8 Å². The first-order valence-corrected chi connectivity index (χ1v) is 6.71. The summed E-state index contributed by atoms with van der Waals surface area (Å²) in [6.45, 7) is 3.90. The van der Waals surface area contributed by atoms with Crippen LogP contribution in [0.25, 0.3) is 0 Å². The summed E-state index contributed by atoms with van der Waals surface area (Å²) in [5.74, 6) is 0.0849. The van der Waals surface area contributed by atoms with Crippen LogP contribution in [-0.4, -0.2) is 37.0 Å². The molecule has 1 saturated heterocycles. The highest BCUT2D eigenvalue weighted by Gasteiger charge is 2.22. The molecule has 0 saturated carbocycles. The average Bonchev–Trinajstić information content (AvgIpc) is 2.41.